The van der Waals surface area contributed by atoms with Crippen molar-refractivity contribution in [2.24, 2.45) is 5.41 Å². The average molecular weight is 426 g/mol. The number of sulfonamides is 1. The average Bonchev–Trinajstić information content (AvgIpc) is 2.62. The fourth-order valence-corrected chi connectivity index (χ4v) is 3.18. The van der Waals surface area contributed by atoms with Gasteiger partial charge in [0, 0.05) is 30.6 Å². The standard InChI is InChI=1S/C21H35N3O4S/c1-15(2)29(27,28)23-14-16(3)17-9-11-18(12-10-17)24-19(25)8-7-13-22-20(26)21(4,5)6/h9-12,15-16,23H,7-8,13-14H2,1-6H3,(H,22,26)(H,24,25). The number of hydrogen-bond acceptors (Lipinski definition) is 4. The predicted molar refractivity (Wildman–Crippen MR) is 117 cm³/mol. The molecule has 1 aromatic carbocycles. The molecule has 1 rings (SSSR count). The van der Waals surface area contributed by atoms with Crippen LogP contribution >= 0.6 is 0 Å². The molecule has 0 aliphatic carbocycles. The van der Waals surface area contributed by atoms with Gasteiger partial charge in [0.25, 0.3) is 0 Å². The van der Waals surface area contributed by atoms with Gasteiger partial charge in [-0.2, -0.15) is 0 Å². The number of carbonyl (C=O) groups is 2. The van der Waals surface area contributed by atoms with Crippen molar-refractivity contribution < 1.29 is 18.0 Å². The van der Waals surface area contributed by atoms with Gasteiger partial charge in [-0.25, -0.2) is 13.1 Å². The first kappa shape index (κ1) is 25.1. The monoisotopic (exact) mass is 425 g/mol. The second kappa shape index (κ2) is 10.7. The molecule has 2 amide bonds. The molecule has 7 nitrogen and oxygen atoms in total. The Balaban J connectivity index is 2.43. The fourth-order valence-electron chi connectivity index (χ4n) is 2.36. The van der Waals surface area contributed by atoms with Crippen LogP contribution in [0.25, 0.3) is 0 Å². The number of hydrogen-bond donors (Lipinski definition) is 3. The molecule has 1 atom stereocenters. The van der Waals surface area contributed by atoms with Crippen LogP contribution in [0.5, 0.6) is 0 Å². The van der Waals surface area contributed by atoms with E-state index in [1.165, 1.54) is 0 Å². The third kappa shape index (κ3) is 8.95. The quantitative estimate of drug-likeness (QED) is 0.501. The van der Waals surface area contributed by atoms with Gasteiger partial charge in [0.1, 0.15) is 0 Å². The van der Waals surface area contributed by atoms with Gasteiger partial charge in [-0.3, -0.25) is 9.59 Å². The Morgan fingerprint density at radius 2 is 1.62 bits per heavy atom. The zero-order chi connectivity index (χ0) is 22.2. The Hall–Kier alpha value is -1.93. The first-order chi connectivity index (χ1) is 13.3. The molecule has 1 unspecified atom stereocenters. The van der Waals surface area contributed by atoms with E-state index in [9.17, 15) is 18.0 Å². The van der Waals surface area contributed by atoms with Gasteiger partial charge in [-0.05, 0) is 43.9 Å². The van der Waals surface area contributed by atoms with Gasteiger partial charge in [-0.15, -0.1) is 0 Å². The van der Waals surface area contributed by atoms with E-state index in [-0.39, 0.29) is 17.7 Å². The summed E-state index contributed by atoms with van der Waals surface area (Å²) in [6.07, 6.45) is 0.887. The second-order valence-corrected chi connectivity index (χ2v) is 10.9. The largest absolute Gasteiger partial charge is 0.356 e. The maximum Gasteiger partial charge on any atom is 0.225 e. The lowest BCUT2D eigenvalue weighted by Gasteiger charge is -2.17. The van der Waals surface area contributed by atoms with Crippen molar-refractivity contribution in [3.05, 3.63) is 29.8 Å². The van der Waals surface area contributed by atoms with Crippen LogP contribution in [0.15, 0.2) is 24.3 Å². The molecule has 0 saturated heterocycles. The summed E-state index contributed by atoms with van der Waals surface area (Å²) in [6.45, 7) is 11.6. The Bertz CT molecular complexity index is 781. The smallest absolute Gasteiger partial charge is 0.225 e. The number of rotatable bonds is 10. The molecule has 0 saturated carbocycles. The minimum atomic E-state index is -3.28. The van der Waals surface area contributed by atoms with Crippen molar-refractivity contribution >= 4 is 27.5 Å². The molecule has 0 fully saturated rings. The lowest BCUT2D eigenvalue weighted by atomic mass is 9.96. The zero-order valence-corrected chi connectivity index (χ0v) is 19.2. The number of carbonyl (C=O) groups excluding carboxylic acids is 2. The Labute approximate surface area is 175 Å². The van der Waals surface area contributed by atoms with Crippen molar-refractivity contribution in [2.45, 2.75) is 65.6 Å². The molecule has 164 valence electrons. The van der Waals surface area contributed by atoms with E-state index in [0.717, 1.165) is 5.56 Å². The normalized spacial score (nSPS) is 13.2. The van der Waals surface area contributed by atoms with Crippen molar-refractivity contribution in [1.29, 1.82) is 0 Å². The highest BCUT2D eigenvalue weighted by atomic mass is 32.2. The molecule has 0 aromatic heterocycles. The molecule has 8 heteroatoms. The molecule has 0 aliphatic rings. The molecule has 0 radical (unpaired) electrons. The molecule has 3 N–H and O–H groups in total. The summed E-state index contributed by atoms with van der Waals surface area (Å²) in [5.41, 5.74) is 1.24. The van der Waals surface area contributed by atoms with Crippen molar-refractivity contribution in [3.63, 3.8) is 0 Å². The van der Waals surface area contributed by atoms with Gasteiger partial charge in [0.15, 0.2) is 0 Å². The lowest BCUT2D eigenvalue weighted by Crippen LogP contribution is -2.35. The van der Waals surface area contributed by atoms with Gasteiger partial charge in [-0.1, -0.05) is 39.8 Å². The van der Waals surface area contributed by atoms with E-state index in [1.807, 2.05) is 52.0 Å². The lowest BCUT2D eigenvalue weighted by molar-refractivity contribution is -0.128. The van der Waals surface area contributed by atoms with E-state index in [2.05, 4.69) is 15.4 Å². The predicted octanol–water partition coefficient (Wildman–Crippen LogP) is 3.00. The van der Waals surface area contributed by atoms with Crippen LogP contribution in [-0.2, 0) is 19.6 Å². The van der Waals surface area contributed by atoms with E-state index in [0.29, 0.717) is 31.6 Å². The van der Waals surface area contributed by atoms with Crippen molar-refractivity contribution in [2.75, 3.05) is 18.4 Å². The maximum atomic E-state index is 12.0. The van der Waals surface area contributed by atoms with Gasteiger partial charge < -0.3 is 10.6 Å². The summed E-state index contributed by atoms with van der Waals surface area (Å²) in [5, 5.41) is 5.19. The molecule has 0 spiro atoms. The molecule has 0 aliphatic heterocycles. The molecule has 0 bridgehead atoms. The number of anilines is 1. The Morgan fingerprint density at radius 1 is 1.03 bits per heavy atom. The number of nitrogens with one attached hydrogen (secondary N) is 3. The first-order valence-corrected chi connectivity index (χ1v) is 11.5. The van der Waals surface area contributed by atoms with E-state index >= 15 is 0 Å². The summed E-state index contributed by atoms with van der Waals surface area (Å²) in [5.74, 6) is -0.126. The van der Waals surface area contributed by atoms with Crippen molar-refractivity contribution in [1.82, 2.24) is 10.0 Å². The SMILES string of the molecule is CC(CNS(=O)(=O)C(C)C)c1ccc(NC(=O)CCCNC(=O)C(C)(C)C)cc1. The van der Waals surface area contributed by atoms with Crippen LogP contribution in [0.4, 0.5) is 5.69 Å². The fraction of sp³-hybridized carbons (Fsp3) is 0.619. The highest BCUT2D eigenvalue weighted by Gasteiger charge is 2.20. The summed E-state index contributed by atoms with van der Waals surface area (Å²) >= 11 is 0. The van der Waals surface area contributed by atoms with Crippen LogP contribution < -0.4 is 15.4 Å². The third-order valence-corrected chi connectivity index (χ3v) is 6.33. The number of amides is 2. The van der Waals surface area contributed by atoms with Crippen LogP contribution in [0, 0.1) is 5.41 Å². The summed E-state index contributed by atoms with van der Waals surface area (Å²) in [4.78, 5) is 23.8. The summed E-state index contributed by atoms with van der Waals surface area (Å²) in [7, 11) is -3.28. The summed E-state index contributed by atoms with van der Waals surface area (Å²) in [6, 6.07) is 7.38. The highest BCUT2D eigenvalue weighted by molar-refractivity contribution is 7.90. The zero-order valence-electron chi connectivity index (χ0n) is 18.3. The van der Waals surface area contributed by atoms with Gasteiger partial charge >= 0.3 is 0 Å². The van der Waals surface area contributed by atoms with E-state index in [4.69, 9.17) is 0 Å². The Morgan fingerprint density at radius 3 is 2.14 bits per heavy atom. The van der Waals surface area contributed by atoms with E-state index in [1.54, 1.807) is 13.8 Å². The number of benzene rings is 1. The van der Waals surface area contributed by atoms with Crippen LogP contribution in [-0.4, -0.2) is 38.6 Å². The minimum Gasteiger partial charge on any atom is -0.356 e. The molecule has 29 heavy (non-hydrogen) atoms. The minimum absolute atomic E-state index is 0.0136. The van der Waals surface area contributed by atoms with Gasteiger partial charge in [0.05, 0.1) is 5.25 Å². The maximum absolute atomic E-state index is 12.0. The second-order valence-electron chi connectivity index (χ2n) is 8.62. The Kier molecular flexibility index (Phi) is 9.29. The third-order valence-electron chi connectivity index (χ3n) is 4.52. The van der Waals surface area contributed by atoms with Crippen LogP contribution in [0.2, 0.25) is 0 Å². The van der Waals surface area contributed by atoms with Crippen LogP contribution in [0.3, 0.4) is 0 Å². The van der Waals surface area contributed by atoms with Crippen molar-refractivity contribution in [3.8, 4) is 0 Å². The van der Waals surface area contributed by atoms with E-state index < -0.39 is 20.7 Å². The molecule has 0 heterocycles. The highest BCUT2D eigenvalue weighted by Crippen LogP contribution is 2.18. The molecular weight excluding hydrogens is 390 g/mol. The molecule has 1 aromatic rings. The van der Waals surface area contributed by atoms with Crippen LogP contribution in [0.1, 0.15) is 65.9 Å². The summed E-state index contributed by atoms with van der Waals surface area (Å²) < 4.78 is 26.3. The van der Waals surface area contributed by atoms with Gasteiger partial charge in [0.2, 0.25) is 21.8 Å². The first-order valence-electron chi connectivity index (χ1n) is 9.99. The topological polar surface area (TPSA) is 104 Å². The molecular formula is C21H35N3O4S.